The molecule has 0 aliphatic carbocycles. The van der Waals surface area contributed by atoms with Crippen molar-refractivity contribution in [1.29, 1.82) is 0 Å². The molecule has 2 atom stereocenters. The van der Waals surface area contributed by atoms with Crippen molar-refractivity contribution >= 4 is 14.5 Å². The van der Waals surface area contributed by atoms with Crippen LogP contribution >= 0.6 is 7.82 Å². The maximum Gasteiger partial charge on any atom is 0.472 e. The molecule has 0 spiro atoms. The number of hydrogen-bond donors (Lipinski definition) is 2. The van der Waals surface area contributed by atoms with Crippen molar-refractivity contribution in [2.75, 3.05) is 40.0 Å². The highest BCUT2D eigenvalue weighted by Gasteiger charge is 2.23. The third-order valence-corrected chi connectivity index (χ3v) is 6.59. The van der Waals surface area contributed by atoms with Crippen LogP contribution in [0.3, 0.4) is 0 Å². The Labute approximate surface area is 203 Å². The van der Waals surface area contributed by atoms with E-state index < -0.39 is 13.9 Å². The van der Waals surface area contributed by atoms with Gasteiger partial charge < -0.3 is 14.7 Å². The number of rotatable bonds is 26. The third-order valence-electron chi connectivity index (χ3n) is 5.61. The zero-order valence-electron chi connectivity index (χ0n) is 21.6. The standard InChI is InChI=1S/C25H52NO6P/c1-4-5-6-7-8-9-10-11-12-13-14-15-16-17-18-19-21-30-23-25(27)24-32-33(28,29)31-22-20-26(2)3/h25,27H,2,4-24H2,1,3H3/p+1/t25-/m1/s1. The molecule has 0 rings (SSSR count). The fourth-order valence-corrected chi connectivity index (χ4v) is 4.30. The van der Waals surface area contributed by atoms with E-state index in [-0.39, 0.29) is 19.8 Å². The minimum atomic E-state index is -4.15. The van der Waals surface area contributed by atoms with Crippen molar-refractivity contribution in [1.82, 2.24) is 0 Å². The van der Waals surface area contributed by atoms with Crippen LogP contribution in [0.25, 0.3) is 0 Å². The minimum absolute atomic E-state index is 0.0274. The zero-order chi connectivity index (χ0) is 24.6. The van der Waals surface area contributed by atoms with Crippen molar-refractivity contribution in [3.63, 3.8) is 0 Å². The van der Waals surface area contributed by atoms with Crippen molar-refractivity contribution in [2.24, 2.45) is 0 Å². The monoisotopic (exact) mass is 494 g/mol. The van der Waals surface area contributed by atoms with E-state index in [4.69, 9.17) is 13.8 Å². The zero-order valence-corrected chi connectivity index (χ0v) is 22.4. The Kier molecular flexibility index (Phi) is 23.2. The Bertz CT molecular complexity index is 492. The van der Waals surface area contributed by atoms with Gasteiger partial charge in [-0.15, -0.1) is 0 Å². The molecular weight excluding hydrogens is 441 g/mol. The molecule has 0 aliphatic heterocycles. The Morgan fingerprint density at radius 3 is 1.67 bits per heavy atom. The van der Waals surface area contributed by atoms with Gasteiger partial charge in [0.2, 0.25) is 0 Å². The Hall–Kier alpha value is -0.300. The Morgan fingerprint density at radius 2 is 1.21 bits per heavy atom. The van der Waals surface area contributed by atoms with Crippen LogP contribution in [0.1, 0.15) is 110 Å². The molecule has 0 radical (unpaired) electrons. The van der Waals surface area contributed by atoms with E-state index in [0.717, 1.165) is 12.8 Å². The predicted molar refractivity (Wildman–Crippen MR) is 136 cm³/mol. The van der Waals surface area contributed by atoms with Gasteiger partial charge in [0, 0.05) is 6.61 Å². The van der Waals surface area contributed by atoms with E-state index in [9.17, 15) is 14.6 Å². The Morgan fingerprint density at radius 1 is 0.758 bits per heavy atom. The van der Waals surface area contributed by atoms with E-state index in [2.05, 4.69) is 13.6 Å². The number of phosphoric acid groups is 1. The molecular formula is C25H53NO6P+. The molecule has 7 nitrogen and oxygen atoms in total. The van der Waals surface area contributed by atoms with Crippen LogP contribution in [0, 0.1) is 0 Å². The van der Waals surface area contributed by atoms with Gasteiger partial charge in [0.15, 0.2) is 6.54 Å². The summed E-state index contributed by atoms with van der Waals surface area (Å²) in [5.74, 6) is 0. The molecule has 33 heavy (non-hydrogen) atoms. The lowest BCUT2D eigenvalue weighted by molar-refractivity contribution is -0.490. The van der Waals surface area contributed by atoms with E-state index >= 15 is 0 Å². The topological polar surface area (TPSA) is 88.2 Å². The first-order valence-electron chi connectivity index (χ1n) is 13.3. The first-order valence-corrected chi connectivity index (χ1v) is 14.8. The van der Waals surface area contributed by atoms with Crippen molar-refractivity contribution < 1.29 is 32.9 Å². The summed E-state index contributed by atoms with van der Waals surface area (Å²) >= 11 is 0. The lowest BCUT2D eigenvalue weighted by Gasteiger charge is -2.15. The summed E-state index contributed by atoms with van der Waals surface area (Å²) in [7, 11) is -2.42. The van der Waals surface area contributed by atoms with Gasteiger partial charge in [0.05, 0.1) is 13.2 Å². The minimum Gasteiger partial charge on any atom is -0.388 e. The molecule has 198 valence electrons. The molecule has 0 saturated heterocycles. The number of aliphatic hydroxyl groups is 1. The SMILES string of the molecule is C=[N+](C)CCOP(=O)(O)OC[C@H](O)COCCCCCCCCCCCCCCCCCC. The highest BCUT2D eigenvalue weighted by atomic mass is 31.2. The molecule has 0 aromatic rings. The van der Waals surface area contributed by atoms with E-state index in [1.54, 1.807) is 11.6 Å². The van der Waals surface area contributed by atoms with Crippen LogP contribution in [0.4, 0.5) is 0 Å². The van der Waals surface area contributed by atoms with Gasteiger partial charge in [-0.2, -0.15) is 0 Å². The van der Waals surface area contributed by atoms with Gasteiger partial charge in [-0.1, -0.05) is 103 Å². The normalized spacial score (nSPS) is 14.3. The van der Waals surface area contributed by atoms with Crippen molar-refractivity contribution in [3.8, 4) is 0 Å². The predicted octanol–water partition coefficient (Wildman–Crippen LogP) is 6.10. The van der Waals surface area contributed by atoms with Gasteiger partial charge in [-0.3, -0.25) is 9.05 Å². The first kappa shape index (κ1) is 32.7. The largest absolute Gasteiger partial charge is 0.472 e. The molecule has 1 unspecified atom stereocenters. The van der Waals surface area contributed by atoms with Crippen molar-refractivity contribution in [2.45, 2.75) is 116 Å². The summed E-state index contributed by atoms with van der Waals surface area (Å²) in [5, 5.41) is 9.81. The summed E-state index contributed by atoms with van der Waals surface area (Å²) in [6.07, 6.45) is 20.3. The van der Waals surface area contributed by atoms with E-state index in [1.165, 1.54) is 89.9 Å². The lowest BCUT2D eigenvalue weighted by Crippen LogP contribution is -2.22. The molecule has 0 amide bonds. The number of unbranched alkanes of at least 4 members (excludes halogenated alkanes) is 15. The number of aliphatic hydroxyl groups excluding tert-OH is 1. The fourth-order valence-electron chi connectivity index (χ4n) is 3.55. The number of ether oxygens (including phenoxy) is 1. The first-order chi connectivity index (χ1) is 15.9. The fraction of sp³-hybridized carbons (Fsp3) is 0.960. The molecule has 0 aliphatic rings. The van der Waals surface area contributed by atoms with Crippen LogP contribution in [0.15, 0.2) is 0 Å². The van der Waals surface area contributed by atoms with Gasteiger partial charge in [-0.05, 0) is 6.42 Å². The molecule has 0 saturated carbocycles. The second-order valence-corrected chi connectivity index (χ2v) is 10.7. The number of nitrogens with zero attached hydrogens (tertiary/aromatic N) is 1. The van der Waals surface area contributed by atoms with Gasteiger partial charge in [0.25, 0.3) is 0 Å². The van der Waals surface area contributed by atoms with E-state index in [0.29, 0.717) is 13.2 Å². The molecule has 0 heterocycles. The number of phosphoric ester groups is 1. The smallest absolute Gasteiger partial charge is 0.388 e. The molecule has 2 N–H and O–H groups in total. The van der Waals surface area contributed by atoms with Crippen LogP contribution in [0.5, 0.6) is 0 Å². The summed E-state index contributed by atoms with van der Waals surface area (Å²) in [6.45, 7) is 6.68. The quantitative estimate of drug-likeness (QED) is 0.0654. The second-order valence-electron chi connectivity index (χ2n) is 9.21. The average molecular weight is 495 g/mol. The molecule has 8 heteroatoms. The summed E-state index contributed by atoms with van der Waals surface area (Å²) in [4.78, 5) is 9.52. The Balaban J connectivity index is 3.32. The maximum atomic E-state index is 11.7. The van der Waals surface area contributed by atoms with Crippen LogP contribution in [-0.2, 0) is 18.3 Å². The van der Waals surface area contributed by atoms with Gasteiger partial charge >= 0.3 is 7.82 Å². The average Bonchev–Trinajstić information content (AvgIpc) is 2.76. The number of hydrogen-bond acceptors (Lipinski definition) is 5. The lowest BCUT2D eigenvalue weighted by atomic mass is 10.0. The highest BCUT2D eigenvalue weighted by Crippen LogP contribution is 2.42. The molecule has 0 fully saturated rings. The molecule has 0 aromatic heterocycles. The van der Waals surface area contributed by atoms with Crippen LogP contribution in [-0.4, -0.2) is 67.4 Å². The molecule has 0 bridgehead atoms. The van der Waals surface area contributed by atoms with Crippen molar-refractivity contribution in [3.05, 3.63) is 0 Å². The van der Waals surface area contributed by atoms with Crippen LogP contribution < -0.4 is 0 Å². The number of likely N-dealkylation sites (N-methyl/N-ethyl adjacent to an activating group) is 1. The molecule has 0 aromatic carbocycles. The summed E-state index contributed by atoms with van der Waals surface area (Å²) in [5.41, 5.74) is 0. The third kappa shape index (κ3) is 26.2. The maximum absolute atomic E-state index is 11.7. The summed E-state index contributed by atoms with van der Waals surface area (Å²) < 4.78 is 28.3. The highest BCUT2D eigenvalue weighted by molar-refractivity contribution is 7.47. The second kappa shape index (κ2) is 23.4. The van der Waals surface area contributed by atoms with Gasteiger partial charge in [-0.25, -0.2) is 9.14 Å². The van der Waals surface area contributed by atoms with Crippen LogP contribution in [0.2, 0.25) is 0 Å². The van der Waals surface area contributed by atoms with E-state index in [1.807, 2.05) is 0 Å². The van der Waals surface area contributed by atoms with Gasteiger partial charge in [0.1, 0.15) is 26.5 Å². The summed E-state index contributed by atoms with van der Waals surface area (Å²) in [6, 6.07) is 0.